The predicted octanol–water partition coefficient (Wildman–Crippen LogP) is 18.4. The Bertz CT molecular complexity index is 1520. The van der Waals surface area contributed by atoms with Gasteiger partial charge in [0.15, 0.2) is 6.10 Å². The number of phosphoric ester groups is 1. The smallest absolute Gasteiger partial charge is 0.306 e. The van der Waals surface area contributed by atoms with Crippen molar-refractivity contribution in [1.29, 1.82) is 0 Å². The van der Waals surface area contributed by atoms with Crippen molar-refractivity contribution in [2.45, 2.75) is 264 Å². The molecular formula is C64H114NO8P. The van der Waals surface area contributed by atoms with Crippen LogP contribution in [0.5, 0.6) is 0 Å². The molecule has 0 bridgehead atoms. The fraction of sp³-hybridized carbons (Fsp3) is 0.750. The normalized spacial score (nSPS) is 13.9. The summed E-state index contributed by atoms with van der Waals surface area (Å²) in [6.45, 7) is 4.13. The lowest BCUT2D eigenvalue weighted by molar-refractivity contribution is -0.870. The Hall–Kier alpha value is -2.81. The number of carbonyl (C=O) groups excluding carboxylic acids is 2. The molecule has 0 N–H and O–H groups in total. The number of phosphoric acid groups is 1. The lowest BCUT2D eigenvalue weighted by Crippen LogP contribution is -2.37. The van der Waals surface area contributed by atoms with Crippen molar-refractivity contribution in [3.05, 3.63) is 85.1 Å². The summed E-state index contributed by atoms with van der Waals surface area (Å²) in [5.41, 5.74) is 0. The summed E-state index contributed by atoms with van der Waals surface area (Å²) in [4.78, 5) is 37.9. The van der Waals surface area contributed by atoms with Gasteiger partial charge in [0.2, 0.25) is 0 Å². The topological polar surface area (TPSA) is 111 Å². The molecule has 0 radical (unpaired) electrons. The quantitative estimate of drug-likeness (QED) is 0.0195. The van der Waals surface area contributed by atoms with Crippen LogP contribution in [0.15, 0.2) is 85.1 Å². The summed E-state index contributed by atoms with van der Waals surface area (Å²) < 4.78 is 34.2. The molecule has 0 aliphatic carbocycles. The number of allylic oxidation sites excluding steroid dienone is 14. The third-order valence-corrected chi connectivity index (χ3v) is 13.9. The fourth-order valence-corrected chi connectivity index (χ4v) is 9.01. The minimum atomic E-state index is -4.65. The number of nitrogens with zero attached hydrogens (tertiary/aromatic N) is 1. The van der Waals surface area contributed by atoms with Gasteiger partial charge in [-0.05, 0) is 70.6 Å². The van der Waals surface area contributed by atoms with E-state index < -0.39 is 26.5 Å². The minimum absolute atomic E-state index is 0.0378. The van der Waals surface area contributed by atoms with Gasteiger partial charge >= 0.3 is 11.9 Å². The molecule has 0 aromatic rings. The van der Waals surface area contributed by atoms with E-state index in [2.05, 4.69) is 98.9 Å². The van der Waals surface area contributed by atoms with Gasteiger partial charge in [0.25, 0.3) is 7.82 Å². The molecule has 0 rings (SSSR count). The van der Waals surface area contributed by atoms with Gasteiger partial charge in [-0.2, -0.15) is 0 Å². The molecule has 0 amide bonds. The van der Waals surface area contributed by atoms with Gasteiger partial charge in [0.1, 0.15) is 19.8 Å². The summed E-state index contributed by atoms with van der Waals surface area (Å²) >= 11 is 0. The van der Waals surface area contributed by atoms with Crippen LogP contribution in [0.25, 0.3) is 0 Å². The Morgan fingerprint density at radius 1 is 0.432 bits per heavy atom. The SMILES string of the molecule is CC/C=C\C/C=C\C/C=C\C/C=C\C/C=C\C/C=C\C/C=C\CCCCCCCC(=O)OC(COC(=O)CCCCCCCCCCCCCCCCCCCCCCCCC)COP(=O)([O-])OCC[N+](C)(C)C. The van der Waals surface area contributed by atoms with E-state index in [1.807, 2.05) is 21.1 Å². The third-order valence-electron chi connectivity index (χ3n) is 12.9. The Balaban J connectivity index is 4.20. The standard InChI is InChI=1S/C64H114NO8P/c1-6-8-10-12-14-16-18-20-22-24-26-28-30-31-32-33-35-37-39-41-43-45-47-49-51-53-55-57-64(67)73-62(61-72-74(68,69)71-59-58-65(3,4)5)60-70-63(66)56-54-52-50-48-46-44-42-40-38-36-34-29-27-25-23-21-19-17-15-13-11-9-7-2/h8,10,14,16,20,22,26,28,31-32,35,37,41,43,62H,6-7,9,11-13,15,17-19,21,23-25,27,29-30,33-34,36,38-40,42,44-61H2,1-5H3/b10-8-,16-14-,22-20-,28-26-,32-31-,37-35-,43-41-. The van der Waals surface area contributed by atoms with E-state index in [0.717, 1.165) is 96.3 Å². The van der Waals surface area contributed by atoms with E-state index in [1.165, 1.54) is 128 Å². The number of rotatable bonds is 55. The molecule has 0 aliphatic heterocycles. The van der Waals surface area contributed by atoms with Crippen LogP contribution in [-0.4, -0.2) is 70.0 Å². The molecule has 0 saturated heterocycles. The first kappa shape index (κ1) is 71.2. The van der Waals surface area contributed by atoms with Crippen molar-refractivity contribution < 1.29 is 42.1 Å². The van der Waals surface area contributed by atoms with E-state index >= 15 is 0 Å². The van der Waals surface area contributed by atoms with E-state index in [0.29, 0.717) is 17.4 Å². The number of ether oxygens (including phenoxy) is 2. The summed E-state index contributed by atoms with van der Waals surface area (Å²) in [7, 11) is 1.15. The van der Waals surface area contributed by atoms with Crippen LogP contribution in [0.4, 0.5) is 0 Å². The zero-order valence-electron chi connectivity index (χ0n) is 48.5. The van der Waals surface area contributed by atoms with Crippen LogP contribution in [-0.2, 0) is 32.7 Å². The van der Waals surface area contributed by atoms with Gasteiger partial charge in [-0.1, -0.05) is 259 Å². The Morgan fingerprint density at radius 3 is 1.15 bits per heavy atom. The average molecular weight is 1060 g/mol. The summed E-state index contributed by atoms with van der Waals surface area (Å²) in [5.74, 6) is -0.851. The molecular weight excluding hydrogens is 942 g/mol. The minimum Gasteiger partial charge on any atom is -0.756 e. The highest BCUT2D eigenvalue weighted by Crippen LogP contribution is 2.38. The Morgan fingerprint density at radius 2 is 0.770 bits per heavy atom. The van der Waals surface area contributed by atoms with E-state index in [1.54, 1.807) is 0 Å². The molecule has 0 aromatic heterocycles. The molecule has 2 atom stereocenters. The molecule has 0 aromatic carbocycles. The number of hydrogen-bond donors (Lipinski definition) is 0. The van der Waals surface area contributed by atoms with Crippen molar-refractivity contribution in [2.24, 2.45) is 0 Å². The van der Waals surface area contributed by atoms with Crippen molar-refractivity contribution in [3.63, 3.8) is 0 Å². The van der Waals surface area contributed by atoms with E-state index in [-0.39, 0.29) is 32.0 Å². The first-order chi connectivity index (χ1) is 36.0. The number of unbranched alkanes of at least 4 members (excludes halogenated alkanes) is 27. The largest absolute Gasteiger partial charge is 0.756 e. The fourth-order valence-electron chi connectivity index (χ4n) is 8.28. The van der Waals surface area contributed by atoms with Crippen LogP contribution in [0.3, 0.4) is 0 Å². The van der Waals surface area contributed by atoms with E-state index in [4.69, 9.17) is 18.5 Å². The monoisotopic (exact) mass is 1060 g/mol. The van der Waals surface area contributed by atoms with Crippen LogP contribution >= 0.6 is 7.82 Å². The van der Waals surface area contributed by atoms with E-state index in [9.17, 15) is 19.0 Å². The van der Waals surface area contributed by atoms with Crippen LogP contribution < -0.4 is 4.89 Å². The number of likely N-dealkylation sites (N-methyl/N-ethyl adjacent to an activating group) is 1. The molecule has 10 heteroatoms. The zero-order valence-corrected chi connectivity index (χ0v) is 49.4. The molecule has 9 nitrogen and oxygen atoms in total. The summed E-state index contributed by atoms with van der Waals surface area (Å²) in [6.07, 6.45) is 73.5. The van der Waals surface area contributed by atoms with Gasteiger partial charge in [-0.3, -0.25) is 14.2 Å². The van der Waals surface area contributed by atoms with Crippen LogP contribution in [0.1, 0.15) is 258 Å². The molecule has 0 heterocycles. The van der Waals surface area contributed by atoms with Gasteiger partial charge in [0.05, 0.1) is 27.7 Å². The Kier molecular flexibility index (Phi) is 52.9. The second kappa shape index (κ2) is 55.0. The van der Waals surface area contributed by atoms with Gasteiger partial charge in [-0.15, -0.1) is 0 Å². The highest BCUT2D eigenvalue weighted by atomic mass is 31.2. The maximum absolute atomic E-state index is 12.8. The molecule has 0 saturated carbocycles. The maximum atomic E-state index is 12.8. The molecule has 0 fully saturated rings. The lowest BCUT2D eigenvalue weighted by atomic mass is 10.0. The molecule has 0 spiro atoms. The lowest BCUT2D eigenvalue weighted by Gasteiger charge is -2.28. The number of esters is 2. The van der Waals surface area contributed by atoms with Gasteiger partial charge < -0.3 is 27.9 Å². The second-order valence-corrected chi connectivity index (χ2v) is 22.8. The molecule has 74 heavy (non-hydrogen) atoms. The third kappa shape index (κ3) is 58.5. The van der Waals surface area contributed by atoms with Crippen molar-refractivity contribution >= 4 is 19.8 Å². The first-order valence-electron chi connectivity index (χ1n) is 30.3. The molecule has 2 unspecified atom stereocenters. The van der Waals surface area contributed by atoms with Crippen molar-refractivity contribution in [3.8, 4) is 0 Å². The summed E-state index contributed by atoms with van der Waals surface area (Å²) in [6, 6.07) is 0. The average Bonchev–Trinajstić information content (AvgIpc) is 3.36. The highest BCUT2D eigenvalue weighted by Gasteiger charge is 2.22. The summed E-state index contributed by atoms with van der Waals surface area (Å²) in [5, 5.41) is 0. The van der Waals surface area contributed by atoms with Crippen LogP contribution in [0, 0.1) is 0 Å². The van der Waals surface area contributed by atoms with Crippen molar-refractivity contribution in [2.75, 3.05) is 47.5 Å². The molecule has 428 valence electrons. The van der Waals surface area contributed by atoms with Gasteiger partial charge in [-0.25, -0.2) is 0 Å². The van der Waals surface area contributed by atoms with Crippen LogP contribution in [0.2, 0.25) is 0 Å². The highest BCUT2D eigenvalue weighted by molar-refractivity contribution is 7.45. The number of quaternary nitrogens is 1. The Labute approximate surface area is 456 Å². The maximum Gasteiger partial charge on any atom is 0.306 e. The second-order valence-electron chi connectivity index (χ2n) is 21.3. The van der Waals surface area contributed by atoms with Gasteiger partial charge in [0, 0.05) is 12.8 Å². The number of carbonyl (C=O) groups is 2. The zero-order chi connectivity index (χ0) is 54.2. The first-order valence-corrected chi connectivity index (χ1v) is 31.8. The van der Waals surface area contributed by atoms with Crippen molar-refractivity contribution in [1.82, 2.24) is 0 Å². The number of hydrogen-bond acceptors (Lipinski definition) is 8. The molecule has 0 aliphatic rings. The predicted molar refractivity (Wildman–Crippen MR) is 314 cm³/mol.